The van der Waals surface area contributed by atoms with Gasteiger partial charge >= 0.3 is 0 Å². The number of aliphatic hydroxyl groups excluding tert-OH is 1. The van der Waals surface area contributed by atoms with E-state index in [0.717, 1.165) is 36.2 Å². The van der Waals surface area contributed by atoms with Crippen LogP contribution in [0.3, 0.4) is 0 Å². The smallest absolute Gasteiger partial charge is 0.0752 e. The van der Waals surface area contributed by atoms with E-state index >= 15 is 0 Å². The Balaban J connectivity index is 1.65. The lowest BCUT2D eigenvalue weighted by molar-refractivity contribution is -0.113. The van der Waals surface area contributed by atoms with E-state index in [4.69, 9.17) is 23.2 Å². The van der Waals surface area contributed by atoms with Gasteiger partial charge in [-0.15, -0.1) is 0 Å². The Morgan fingerprint density at radius 1 is 1.07 bits per heavy atom. The van der Waals surface area contributed by atoms with Crippen LogP contribution in [-0.4, -0.2) is 17.3 Å². The molecule has 0 aromatic heterocycles. The molecule has 0 saturated heterocycles. The molecule has 2 N–H and O–H groups in total. The fourth-order valence-corrected chi connectivity index (χ4v) is 7.05. The van der Waals surface area contributed by atoms with Gasteiger partial charge in [0.25, 0.3) is 0 Å². The molecule has 0 heterocycles. The molecule has 1 aromatic carbocycles. The van der Waals surface area contributed by atoms with Crippen LogP contribution in [0, 0.1) is 28.6 Å². The minimum Gasteiger partial charge on any atom is -0.391 e. The highest BCUT2D eigenvalue weighted by molar-refractivity contribution is 6.35. The summed E-state index contributed by atoms with van der Waals surface area (Å²) in [7, 11) is 0. The normalized spacial score (nSPS) is 34.9. The standard InChI is InChI=1S/C26H41Cl2NO/c1-17(2)7-6-8-18(3)21-11-13-26(5)24(30)23(12-14-25(21,26)4)29-16-19-9-10-20(27)15-22(19)28/h9-10,15,17-18,21,23-24,29-30H,6-8,11-14,16H2,1-5H3/t18-,21-,23+,24-,25-,26+/m1/s1. The van der Waals surface area contributed by atoms with Crippen LogP contribution < -0.4 is 5.32 Å². The molecule has 2 aliphatic carbocycles. The van der Waals surface area contributed by atoms with Crippen molar-refractivity contribution in [2.24, 2.45) is 28.6 Å². The Labute approximate surface area is 194 Å². The first kappa shape index (κ1) is 24.4. The molecular weight excluding hydrogens is 413 g/mol. The predicted molar refractivity (Wildman–Crippen MR) is 129 cm³/mol. The summed E-state index contributed by atoms with van der Waals surface area (Å²) in [6.07, 6.45) is 8.24. The van der Waals surface area contributed by atoms with Gasteiger partial charge in [-0.05, 0) is 66.5 Å². The molecule has 4 heteroatoms. The minimum absolute atomic E-state index is 0.0241. The van der Waals surface area contributed by atoms with Crippen LogP contribution in [0.1, 0.15) is 85.1 Å². The predicted octanol–water partition coefficient (Wildman–Crippen LogP) is 7.49. The number of rotatable bonds is 8. The van der Waals surface area contributed by atoms with Crippen LogP contribution in [-0.2, 0) is 6.54 Å². The van der Waals surface area contributed by atoms with Crippen molar-refractivity contribution in [1.29, 1.82) is 0 Å². The van der Waals surface area contributed by atoms with Gasteiger partial charge in [-0.25, -0.2) is 0 Å². The molecule has 0 spiro atoms. The summed E-state index contributed by atoms with van der Waals surface area (Å²) < 4.78 is 0. The van der Waals surface area contributed by atoms with Crippen molar-refractivity contribution >= 4 is 23.2 Å². The first-order chi connectivity index (χ1) is 14.1. The Kier molecular flexibility index (Phi) is 7.87. The van der Waals surface area contributed by atoms with Crippen LogP contribution in [0.15, 0.2) is 18.2 Å². The summed E-state index contributed by atoms with van der Waals surface area (Å²) in [6.45, 7) is 12.6. The number of hydrogen-bond acceptors (Lipinski definition) is 2. The Bertz CT molecular complexity index is 723. The number of hydrogen-bond donors (Lipinski definition) is 2. The maximum absolute atomic E-state index is 11.5. The van der Waals surface area contributed by atoms with Gasteiger partial charge < -0.3 is 10.4 Å². The van der Waals surface area contributed by atoms with Gasteiger partial charge in [0, 0.05) is 28.0 Å². The van der Waals surface area contributed by atoms with Crippen molar-refractivity contribution < 1.29 is 5.11 Å². The maximum atomic E-state index is 11.5. The summed E-state index contributed by atoms with van der Waals surface area (Å²) in [5.74, 6) is 2.25. The maximum Gasteiger partial charge on any atom is 0.0752 e. The highest BCUT2D eigenvalue weighted by Crippen LogP contribution is 2.65. The van der Waals surface area contributed by atoms with Crippen LogP contribution in [0.5, 0.6) is 0 Å². The van der Waals surface area contributed by atoms with Crippen molar-refractivity contribution in [3.63, 3.8) is 0 Å². The highest BCUT2D eigenvalue weighted by Gasteiger charge is 2.61. The summed E-state index contributed by atoms with van der Waals surface area (Å²) in [4.78, 5) is 0. The molecule has 3 rings (SSSR count). The van der Waals surface area contributed by atoms with E-state index in [1.54, 1.807) is 6.07 Å². The molecule has 0 amide bonds. The zero-order valence-corrected chi connectivity index (χ0v) is 21.0. The lowest BCUT2D eigenvalue weighted by atomic mass is 9.53. The number of aliphatic hydroxyl groups is 1. The zero-order chi connectivity index (χ0) is 22.1. The SMILES string of the molecule is CC(C)CCC[C@@H](C)[C@H]1CC[C@@]2(C)[C@H](O)[C@@H](NCc3ccc(Cl)cc3Cl)CC[C@]12C. The number of benzene rings is 1. The third-order valence-corrected chi connectivity index (χ3v) is 9.39. The Morgan fingerprint density at radius 2 is 1.77 bits per heavy atom. The number of nitrogens with one attached hydrogen (secondary N) is 1. The largest absolute Gasteiger partial charge is 0.391 e. The van der Waals surface area contributed by atoms with E-state index in [0.29, 0.717) is 16.6 Å². The quantitative estimate of drug-likeness (QED) is 0.426. The van der Waals surface area contributed by atoms with Crippen molar-refractivity contribution in [3.05, 3.63) is 33.8 Å². The van der Waals surface area contributed by atoms with Crippen LogP contribution in [0.4, 0.5) is 0 Å². The molecular formula is C26H41Cl2NO. The second-order valence-corrected chi connectivity index (χ2v) is 11.8. The fraction of sp³-hybridized carbons (Fsp3) is 0.769. The molecule has 0 radical (unpaired) electrons. The monoisotopic (exact) mass is 453 g/mol. The van der Waals surface area contributed by atoms with Gasteiger partial charge in [-0.1, -0.05) is 83.1 Å². The van der Waals surface area contributed by atoms with Crippen molar-refractivity contribution in [1.82, 2.24) is 5.32 Å². The van der Waals surface area contributed by atoms with Gasteiger partial charge in [-0.3, -0.25) is 0 Å². The number of fused-ring (bicyclic) bond motifs is 1. The fourth-order valence-electron chi connectivity index (χ4n) is 6.58. The average molecular weight is 455 g/mol. The third-order valence-electron chi connectivity index (χ3n) is 8.80. The molecule has 0 bridgehead atoms. The van der Waals surface area contributed by atoms with Gasteiger partial charge in [0.1, 0.15) is 0 Å². The first-order valence-corrected chi connectivity index (χ1v) is 12.7. The second kappa shape index (κ2) is 9.69. The van der Waals surface area contributed by atoms with Crippen LogP contribution in [0.25, 0.3) is 0 Å². The molecule has 2 aliphatic rings. The molecule has 0 unspecified atom stereocenters. The van der Waals surface area contributed by atoms with Gasteiger partial charge in [0.05, 0.1) is 6.10 Å². The molecule has 0 aliphatic heterocycles. The van der Waals surface area contributed by atoms with Crippen LogP contribution >= 0.6 is 23.2 Å². The van der Waals surface area contributed by atoms with Crippen molar-refractivity contribution in [3.8, 4) is 0 Å². The summed E-state index contributed by atoms with van der Waals surface area (Å²) >= 11 is 12.4. The first-order valence-electron chi connectivity index (χ1n) is 11.9. The van der Waals surface area contributed by atoms with E-state index < -0.39 is 0 Å². The highest BCUT2D eigenvalue weighted by atomic mass is 35.5. The second-order valence-electron chi connectivity index (χ2n) is 11.0. The Hall–Kier alpha value is -0.280. The third kappa shape index (κ3) is 4.72. The molecule has 1 aromatic rings. The Morgan fingerprint density at radius 3 is 2.43 bits per heavy atom. The van der Waals surface area contributed by atoms with E-state index in [-0.39, 0.29) is 23.0 Å². The number of halogens is 2. The van der Waals surface area contributed by atoms with Crippen molar-refractivity contribution in [2.45, 2.75) is 98.3 Å². The van der Waals surface area contributed by atoms with E-state index in [1.165, 1.54) is 32.1 Å². The van der Waals surface area contributed by atoms with E-state index in [1.807, 2.05) is 12.1 Å². The van der Waals surface area contributed by atoms with Gasteiger partial charge in [0.15, 0.2) is 0 Å². The summed E-state index contributed by atoms with van der Waals surface area (Å²) in [5, 5.41) is 16.4. The zero-order valence-electron chi connectivity index (χ0n) is 19.5. The van der Waals surface area contributed by atoms with E-state index in [2.05, 4.69) is 39.9 Å². The molecule has 2 nitrogen and oxygen atoms in total. The minimum atomic E-state index is -0.324. The molecule has 30 heavy (non-hydrogen) atoms. The van der Waals surface area contributed by atoms with Gasteiger partial charge in [0.2, 0.25) is 0 Å². The molecule has 2 saturated carbocycles. The summed E-state index contributed by atoms with van der Waals surface area (Å²) in [6, 6.07) is 5.76. The van der Waals surface area contributed by atoms with Gasteiger partial charge in [-0.2, -0.15) is 0 Å². The topological polar surface area (TPSA) is 32.3 Å². The molecule has 6 atom stereocenters. The lowest BCUT2D eigenvalue weighted by Crippen LogP contribution is -2.58. The lowest BCUT2D eigenvalue weighted by Gasteiger charge is -2.55. The molecule has 2 fully saturated rings. The summed E-state index contributed by atoms with van der Waals surface area (Å²) in [5.41, 5.74) is 1.23. The molecule has 170 valence electrons. The van der Waals surface area contributed by atoms with Crippen molar-refractivity contribution in [2.75, 3.05) is 0 Å². The average Bonchev–Trinajstić information content (AvgIpc) is 2.95. The van der Waals surface area contributed by atoms with Crippen LogP contribution in [0.2, 0.25) is 10.0 Å². The van der Waals surface area contributed by atoms with E-state index in [9.17, 15) is 5.11 Å².